The summed E-state index contributed by atoms with van der Waals surface area (Å²) in [5, 5.41) is 0. The lowest BCUT2D eigenvalue weighted by molar-refractivity contribution is 0.0510. The Bertz CT molecular complexity index is 314. The zero-order chi connectivity index (χ0) is 16.3. The van der Waals surface area contributed by atoms with E-state index in [1.54, 1.807) is 0 Å². The zero-order valence-electron chi connectivity index (χ0n) is 15.8. The first-order chi connectivity index (χ1) is 11.3. The van der Waals surface area contributed by atoms with Gasteiger partial charge in [0.15, 0.2) is 0 Å². The molecule has 0 radical (unpaired) electrons. The first-order valence-corrected chi connectivity index (χ1v) is 10.6. The van der Waals surface area contributed by atoms with Crippen LogP contribution in [0.3, 0.4) is 0 Å². The molecule has 1 nitrogen and oxygen atoms in total. The monoisotopic (exact) mass is 320 g/mol. The van der Waals surface area contributed by atoms with Crippen molar-refractivity contribution in [2.75, 3.05) is 0 Å². The molecule has 0 spiro atoms. The van der Waals surface area contributed by atoms with Crippen LogP contribution in [0.5, 0.6) is 0 Å². The van der Waals surface area contributed by atoms with Gasteiger partial charge in [0.05, 0.1) is 12.4 Å². The average Bonchev–Trinajstić information content (AvgIpc) is 2.60. The lowest BCUT2D eigenvalue weighted by Gasteiger charge is -2.38. The van der Waals surface area contributed by atoms with Crippen LogP contribution >= 0.6 is 0 Å². The standard InChI is InChI=1S/C22H40O/c1-3-5-7-10-19-13-15-20(16-14-19)21-11-9-12-22(18-21)23-17-8-6-4-2/h8,17,19-22H,3-7,9-16,18H2,1-2H3/b17-8+/t19?,20?,21-,22-/m1/s1. The van der Waals surface area contributed by atoms with Gasteiger partial charge in [-0.25, -0.2) is 0 Å². The van der Waals surface area contributed by atoms with Crippen LogP contribution in [0.15, 0.2) is 12.3 Å². The molecule has 0 amide bonds. The predicted octanol–water partition coefficient (Wildman–Crippen LogP) is 7.26. The van der Waals surface area contributed by atoms with Crippen LogP contribution in [-0.4, -0.2) is 6.10 Å². The number of rotatable bonds is 9. The molecule has 2 fully saturated rings. The molecule has 0 aliphatic heterocycles. The van der Waals surface area contributed by atoms with Gasteiger partial charge in [-0.1, -0.05) is 58.8 Å². The highest BCUT2D eigenvalue weighted by molar-refractivity contribution is 4.84. The van der Waals surface area contributed by atoms with Crippen molar-refractivity contribution in [3.05, 3.63) is 12.3 Å². The molecule has 0 aromatic heterocycles. The number of ether oxygens (including phenoxy) is 1. The Balaban J connectivity index is 1.66. The van der Waals surface area contributed by atoms with Crippen molar-refractivity contribution < 1.29 is 4.74 Å². The van der Waals surface area contributed by atoms with Crippen molar-refractivity contribution in [3.8, 4) is 0 Å². The van der Waals surface area contributed by atoms with Gasteiger partial charge in [-0.3, -0.25) is 0 Å². The van der Waals surface area contributed by atoms with Gasteiger partial charge in [-0.2, -0.15) is 0 Å². The summed E-state index contributed by atoms with van der Waals surface area (Å²) < 4.78 is 6.01. The van der Waals surface area contributed by atoms with Gasteiger partial charge in [0.1, 0.15) is 0 Å². The SMILES string of the molecule is CCC/C=C/O[C@@H]1CCC[C@@H](C2CCC(CCCCC)CC2)C1. The maximum atomic E-state index is 6.01. The topological polar surface area (TPSA) is 9.23 Å². The fourth-order valence-electron chi connectivity index (χ4n) is 4.77. The Labute approximate surface area is 145 Å². The fraction of sp³-hybridized carbons (Fsp3) is 0.909. The number of hydrogen-bond donors (Lipinski definition) is 0. The summed E-state index contributed by atoms with van der Waals surface area (Å²) in [6.45, 7) is 4.54. The first kappa shape index (κ1) is 18.9. The smallest absolute Gasteiger partial charge is 0.0981 e. The minimum absolute atomic E-state index is 0.504. The number of hydrogen-bond acceptors (Lipinski definition) is 1. The summed E-state index contributed by atoms with van der Waals surface area (Å²) in [6, 6.07) is 0. The minimum Gasteiger partial charge on any atom is -0.498 e. The fourth-order valence-corrected chi connectivity index (χ4v) is 4.77. The second-order valence-corrected chi connectivity index (χ2v) is 8.12. The highest BCUT2D eigenvalue weighted by atomic mass is 16.5. The van der Waals surface area contributed by atoms with Crippen LogP contribution < -0.4 is 0 Å². The summed E-state index contributed by atoms with van der Waals surface area (Å²) in [6.07, 6.45) is 24.3. The maximum Gasteiger partial charge on any atom is 0.0981 e. The van der Waals surface area contributed by atoms with Gasteiger partial charge in [-0.15, -0.1) is 0 Å². The summed E-state index contributed by atoms with van der Waals surface area (Å²) in [7, 11) is 0. The van der Waals surface area contributed by atoms with Crippen molar-refractivity contribution in [2.45, 2.75) is 110 Å². The molecule has 0 saturated heterocycles. The Kier molecular flexibility index (Phi) is 9.15. The Morgan fingerprint density at radius 3 is 2.43 bits per heavy atom. The van der Waals surface area contributed by atoms with E-state index in [2.05, 4.69) is 19.9 Å². The van der Waals surface area contributed by atoms with Crippen molar-refractivity contribution >= 4 is 0 Å². The summed E-state index contributed by atoms with van der Waals surface area (Å²) >= 11 is 0. The van der Waals surface area contributed by atoms with E-state index in [0.29, 0.717) is 6.10 Å². The normalized spacial score (nSPS) is 32.3. The Morgan fingerprint density at radius 1 is 0.870 bits per heavy atom. The van der Waals surface area contributed by atoms with E-state index in [-0.39, 0.29) is 0 Å². The van der Waals surface area contributed by atoms with Gasteiger partial charge >= 0.3 is 0 Å². The van der Waals surface area contributed by atoms with Gasteiger partial charge in [-0.05, 0) is 68.8 Å². The Hall–Kier alpha value is -0.460. The third-order valence-corrected chi connectivity index (χ3v) is 6.26. The van der Waals surface area contributed by atoms with E-state index in [1.807, 2.05) is 6.26 Å². The van der Waals surface area contributed by atoms with E-state index in [4.69, 9.17) is 4.74 Å². The van der Waals surface area contributed by atoms with Crippen molar-refractivity contribution in [1.29, 1.82) is 0 Å². The first-order valence-electron chi connectivity index (χ1n) is 10.6. The molecule has 2 aliphatic carbocycles. The number of allylic oxidation sites excluding steroid dienone is 1. The summed E-state index contributed by atoms with van der Waals surface area (Å²) in [5.74, 6) is 3.00. The molecule has 0 N–H and O–H groups in total. The molecule has 2 rings (SSSR count). The molecular formula is C22H40O. The van der Waals surface area contributed by atoms with Crippen LogP contribution in [0.1, 0.15) is 104 Å². The van der Waals surface area contributed by atoms with Crippen LogP contribution in [0, 0.1) is 17.8 Å². The average molecular weight is 321 g/mol. The van der Waals surface area contributed by atoms with Crippen LogP contribution in [0.25, 0.3) is 0 Å². The quantitative estimate of drug-likeness (QED) is 0.321. The zero-order valence-corrected chi connectivity index (χ0v) is 15.8. The van der Waals surface area contributed by atoms with Crippen molar-refractivity contribution in [3.63, 3.8) is 0 Å². The van der Waals surface area contributed by atoms with Gasteiger partial charge in [0, 0.05) is 0 Å². The molecule has 0 aromatic rings. The van der Waals surface area contributed by atoms with Crippen molar-refractivity contribution in [2.24, 2.45) is 17.8 Å². The lowest BCUT2D eigenvalue weighted by atomic mass is 9.70. The van der Waals surface area contributed by atoms with Crippen LogP contribution in [0.4, 0.5) is 0 Å². The molecule has 2 atom stereocenters. The molecule has 23 heavy (non-hydrogen) atoms. The van der Waals surface area contributed by atoms with E-state index in [1.165, 1.54) is 83.5 Å². The molecular weight excluding hydrogens is 280 g/mol. The Morgan fingerprint density at radius 2 is 1.70 bits per heavy atom. The predicted molar refractivity (Wildman–Crippen MR) is 100 cm³/mol. The minimum atomic E-state index is 0.504. The third kappa shape index (κ3) is 6.89. The molecule has 1 heteroatoms. The van der Waals surface area contributed by atoms with Gasteiger partial charge in [0.25, 0.3) is 0 Å². The van der Waals surface area contributed by atoms with Gasteiger partial charge < -0.3 is 4.74 Å². The maximum absolute atomic E-state index is 6.01. The molecule has 134 valence electrons. The van der Waals surface area contributed by atoms with Crippen LogP contribution in [0.2, 0.25) is 0 Å². The number of unbranched alkanes of at least 4 members (excludes halogenated alkanes) is 3. The molecule has 0 heterocycles. The summed E-state index contributed by atoms with van der Waals surface area (Å²) in [4.78, 5) is 0. The second-order valence-electron chi connectivity index (χ2n) is 8.12. The molecule has 2 saturated carbocycles. The van der Waals surface area contributed by atoms with E-state index >= 15 is 0 Å². The van der Waals surface area contributed by atoms with E-state index in [0.717, 1.165) is 24.2 Å². The lowest BCUT2D eigenvalue weighted by Crippen LogP contribution is -2.29. The largest absolute Gasteiger partial charge is 0.498 e. The van der Waals surface area contributed by atoms with Crippen molar-refractivity contribution in [1.82, 2.24) is 0 Å². The van der Waals surface area contributed by atoms with E-state index in [9.17, 15) is 0 Å². The second kappa shape index (κ2) is 11.2. The molecule has 2 aliphatic rings. The molecule has 0 aromatic carbocycles. The van der Waals surface area contributed by atoms with Crippen LogP contribution in [-0.2, 0) is 4.74 Å². The molecule has 0 bridgehead atoms. The highest BCUT2D eigenvalue weighted by Crippen LogP contribution is 2.41. The summed E-state index contributed by atoms with van der Waals surface area (Å²) in [5.41, 5.74) is 0. The highest BCUT2D eigenvalue weighted by Gasteiger charge is 2.31. The molecule has 0 unspecified atom stereocenters. The van der Waals surface area contributed by atoms with Gasteiger partial charge in [0.2, 0.25) is 0 Å². The third-order valence-electron chi connectivity index (χ3n) is 6.26. The van der Waals surface area contributed by atoms with E-state index < -0.39 is 0 Å².